The summed E-state index contributed by atoms with van der Waals surface area (Å²) in [6.07, 6.45) is 4.09. The van der Waals surface area contributed by atoms with Crippen molar-refractivity contribution < 1.29 is 9.53 Å². The van der Waals surface area contributed by atoms with Gasteiger partial charge in [0.1, 0.15) is 6.10 Å². The van der Waals surface area contributed by atoms with Crippen LogP contribution >= 0.6 is 0 Å². The number of fused-ring (bicyclic) bond motifs is 3. The van der Waals surface area contributed by atoms with Crippen molar-refractivity contribution in [3.05, 3.63) is 36.5 Å². The predicted molar refractivity (Wildman–Crippen MR) is 66.2 cm³/mol. The first kappa shape index (κ1) is 10.8. The number of carbonyl (C=O) groups excluding carboxylic acids is 1. The quantitative estimate of drug-likeness (QED) is 0.363. The first-order valence-electron chi connectivity index (χ1n) is 6.34. The zero-order valence-electron chi connectivity index (χ0n) is 10.1. The van der Waals surface area contributed by atoms with Gasteiger partial charge < -0.3 is 4.74 Å². The Balaban J connectivity index is 2.00. The first-order valence-corrected chi connectivity index (χ1v) is 6.34. The molecule has 3 fully saturated rings. The van der Waals surface area contributed by atoms with Gasteiger partial charge in [0, 0.05) is 17.4 Å². The lowest BCUT2D eigenvalue weighted by Crippen LogP contribution is -2.28. The maximum absolute atomic E-state index is 11.7. The summed E-state index contributed by atoms with van der Waals surface area (Å²) < 4.78 is 5.55. The Labute approximate surface area is 102 Å². The number of hydrogen-bond acceptors (Lipinski definition) is 2. The number of esters is 1. The second-order valence-corrected chi connectivity index (χ2v) is 5.53. The number of allylic oxidation sites excluding steroid dienone is 1. The highest BCUT2D eigenvalue weighted by Crippen LogP contribution is 2.51. The van der Waals surface area contributed by atoms with E-state index in [0.29, 0.717) is 17.4 Å². The Hall–Kier alpha value is -1.31. The molecule has 4 atom stereocenters. The molecule has 1 saturated heterocycles. The van der Waals surface area contributed by atoms with Crippen LogP contribution in [0, 0.1) is 17.8 Å². The largest absolute Gasteiger partial charge is 0.458 e. The van der Waals surface area contributed by atoms with Crippen molar-refractivity contribution in [3.8, 4) is 0 Å². The van der Waals surface area contributed by atoms with Gasteiger partial charge in [-0.15, -0.1) is 0 Å². The number of carbonyl (C=O) groups is 1. The van der Waals surface area contributed by atoms with Crippen molar-refractivity contribution in [2.24, 2.45) is 17.8 Å². The van der Waals surface area contributed by atoms with Crippen LogP contribution in [0.4, 0.5) is 0 Å². The van der Waals surface area contributed by atoms with Crippen molar-refractivity contribution in [1.82, 2.24) is 0 Å². The van der Waals surface area contributed by atoms with E-state index in [2.05, 4.69) is 19.7 Å². The zero-order valence-corrected chi connectivity index (χ0v) is 10.1. The lowest BCUT2D eigenvalue weighted by atomic mass is 9.82. The first-order chi connectivity index (χ1) is 8.09. The van der Waals surface area contributed by atoms with E-state index in [1.807, 2.05) is 0 Å². The summed E-state index contributed by atoms with van der Waals surface area (Å²) in [5.74, 6) is 0.740. The highest BCUT2D eigenvalue weighted by Gasteiger charge is 2.50. The monoisotopic (exact) mass is 230 g/mol. The van der Waals surface area contributed by atoms with Crippen LogP contribution < -0.4 is 0 Å². The van der Waals surface area contributed by atoms with E-state index < -0.39 is 0 Å². The van der Waals surface area contributed by atoms with Crippen LogP contribution in [0.3, 0.4) is 0 Å². The average molecular weight is 230 g/mol. The molecule has 3 aliphatic rings. The predicted octanol–water partition coefficient (Wildman–Crippen LogP) is 3.02. The molecule has 0 aromatic carbocycles. The molecule has 3 rings (SSSR count). The molecule has 2 saturated carbocycles. The van der Waals surface area contributed by atoms with Crippen LogP contribution in [0.15, 0.2) is 36.5 Å². The van der Waals surface area contributed by atoms with Crippen molar-refractivity contribution in [2.45, 2.75) is 31.8 Å². The van der Waals surface area contributed by atoms with Gasteiger partial charge in [-0.05, 0) is 31.6 Å². The average Bonchev–Trinajstić information content (AvgIpc) is 2.75. The smallest absolute Gasteiger partial charge is 0.334 e. The zero-order chi connectivity index (χ0) is 12.2. The van der Waals surface area contributed by atoms with E-state index in [1.54, 1.807) is 0 Å². The highest BCUT2D eigenvalue weighted by atomic mass is 16.6. The molecular formula is C15H18O2. The molecule has 1 aliphatic heterocycles. The van der Waals surface area contributed by atoms with Gasteiger partial charge in [-0.3, -0.25) is 0 Å². The molecule has 1 heterocycles. The fourth-order valence-corrected chi connectivity index (χ4v) is 3.71. The summed E-state index contributed by atoms with van der Waals surface area (Å²) in [5.41, 5.74) is 3.20. The molecule has 2 aliphatic carbocycles. The van der Waals surface area contributed by atoms with Gasteiger partial charge in [-0.2, -0.15) is 0 Å². The second kappa shape index (κ2) is 3.59. The van der Waals surface area contributed by atoms with Crippen molar-refractivity contribution in [3.63, 3.8) is 0 Å². The third-order valence-electron chi connectivity index (χ3n) is 4.69. The number of hydrogen-bond donors (Lipinski definition) is 0. The summed E-state index contributed by atoms with van der Waals surface area (Å²) >= 11 is 0. The standard InChI is InChI=1S/C15H18O2/c1-8-4-7-12-10(3)15(16)17-14(12)13-9(2)5-6-11(8)13/h11-14H,1-7H2/t11-,12?,13+,14?/m1/s1. The summed E-state index contributed by atoms with van der Waals surface area (Å²) in [7, 11) is 0. The van der Waals surface area contributed by atoms with Crippen LogP contribution in [-0.4, -0.2) is 12.1 Å². The fourth-order valence-electron chi connectivity index (χ4n) is 3.71. The van der Waals surface area contributed by atoms with Crippen molar-refractivity contribution in [2.75, 3.05) is 0 Å². The van der Waals surface area contributed by atoms with E-state index in [4.69, 9.17) is 4.74 Å². The SMILES string of the molecule is C=C1C(=O)OC2C1CCC(=C)[C@H]1CCC(=C)[C@H]21. The van der Waals surface area contributed by atoms with Crippen LogP contribution in [-0.2, 0) is 9.53 Å². The Bertz CT molecular complexity index is 432. The van der Waals surface area contributed by atoms with Gasteiger partial charge in [0.2, 0.25) is 0 Å². The van der Waals surface area contributed by atoms with E-state index in [0.717, 1.165) is 25.7 Å². The molecule has 0 bridgehead atoms. The van der Waals surface area contributed by atoms with E-state index in [-0.39, 0.29) is 18.0 Å². The minimum absolute atomic E-state index is 0.0192. The minimum atomic E-state index is -0.203. The lowest BCUT2D eigenvalue weighted by molar-refractivity contribution is -0.141. The van der Waals surface area contributed by atoms with E-state index in [9.17, 15) is 4.79 Å². The number of rotatable bonds is 0. The van der Waals surface area contributed by atoms with Crippen molar-refractivity contribution >= 4 is 5.97 Å². The topological polar surface area (TPSA) is 26.3 Å². The van der Waals surface area contributed by atoms with Gasteiger partial charge in [0.05, 0.1) is 0 Å². The molecule has 2 heteroatoms. The van der Waals surface area contributed by atoms with Gasteiger partial charge in [-0.25, -0.2) is 4.79 Å². The molecule has 0 aromatic heterocycles. The van der Waals surface area contributed by atoms with Gasteiger partial charge >= 0.3 is 5.97 Å². The maximum Gasteiger partial charge on any atom is 0.334 e. The molecule has 17 heavy (non-hydrogen) atoms. The summed E-state index contributed by atoms with van der Waals surface area (Å²) in [6.45, 7) is 12.3. The Kier molecular flexibility index (Phi) is 2.29. The molecule has 90 valence electrons. The van der Waals surface area contributed by atoms with Crippen molar-refractivity contribution in [1.29, 1.82) is 0 Å². The minimum Gasteiger partial charge on any atom is -0.458 e. The lowest BCUT2D eigenvalue weighted by Gasteiger charge is -2.26. The highest BCUT2D eigenvalue weighted by molar-refractivity contribution is 5.91. The molecule has 2 unspecified atom stereocenters. The van der Waals surface area contributed by atoms with Gasteiger partial charge in [0.25, 0.3) is 0 Å². The summed E-state index contributed by atoms with van der Waals surface area (Å²) in [5, 5.41) is 0. The Morgan fingerprint density at radius 3 is 2.41 bits per heavy atom. The van der Waals surface area contributed by atoms with E-state index >= 15 is 0 Å². The molecule has 0 spiro atoms. The third kappa shape index (κ3) is 1.43. The normalized spacial score (nSPS) is 40.9. The summed E-state index contributed by atoms with van der Waals surface area (Å²) in [4.78, 5) is 11.7. The number of ether oxygens (including phenoxy) is 1. The van der Waals surface area contributed by atoms with Crippen LogP contribution in [0.2, 0.25) is 0 Å². The molecule has 2 nitrogen and oxygen atoms in total. The Morgan fingerprint density at radius 2 is 1.65 bits per heavy atom. The van der Waals surface area contributed by atoms with Gasteiger partial charge in [-0.1, -0.05) is 30.9 Å². The summed E-state index contributed by atoms with van der Waals surface area (Å²) in [6, 6.07) is 0. The maximum atomic E-state index is 11.7. The third-order valence-corrected chi connectivity index (χ3v) is 4.69. The van der Waals surface area contributed by atoms with Gasteiger partial charge in [0.15, 0.2) is 0 Å². The molecule has 0 aromatic rings. The molecule has 0 amide bonds. The molecular weight excluding hydrogens is 212 g/mol. The molecule has 0 N–H and O–H groups in total. The second-order valence-electron chi connectivity index (χ2n) is 5.53. The van der Waals surface area contributed by atoms with Crippen LogP contribution in [0.5, 0.6) is 0 Å². The van der Waals surface area contributed by atoms with Crippen LogP contribution in [0.25, 0.3) is 0 Å². The fraction of sp³-hybridized carbons (Fsp3) is 0.533. The Morgan fingerprint density at radius 1 is 1.00 bits per heavy atom. The van der Waals surface area contributed by atoms with Crippen LogP contribution in [0.1, 0.15) is 25.7 Å². The molecule has 0 radical (unpaired) electrons. The van der Waals surface area contributed by atoms with E-state index in [1.165, 1.54) is 11.1 Å².